The predicted molar refractivity (Wildman–Crippen MR) is 114 cm³/mol. The summed E-state index contributed by atoms with van der Waals surface area (Å²) in [5.74, 6) is 1.24. The molecule has 3 rings (SSSR count). The zero-order chi connectivity index (χ0) is 20.8. The van der Waals surface area contributed by atoms with Crippen LogP contribution in [-0.4, -0.2) is 16.1 Å². The highest BCUT2D eigenvalue weighted by atomic mass is 16.4. The van der Waals surface area contributed by atoms with Gasteiger partial charge in [-0.2, -0.15) is 0 Å². The molecule has 1 N–H and O–H groups in total. The Morgan fingerprint density at radius 2 is 1.72 bits per heavy atom. The van der Waals surface area contributed by atoms with E-state index in [0.717, 1.165) is 17.5 Å². The van der Waals surface area contributed by atoms with Gasteiger partial charge in [0, 0.05) is 18.4 Å². The van der Waals surface area contributed by atoms with Crippen LogP contribution in [-0.2, 0) is 17.6 Å². The van der Waals surface area contributed by atoms with E-state index in [1.807, 2.05) is 31.2 Å². The third kappa shape index (κ3) is 5.53. The van der Waals surface area contributed by atoms with Gasteiger partial charge in [0.05, 0.1) is 6.04 Å². The Morgan fingerprint density at radius 1 is 1.03 bits per heavy atom. The first-order valence-electron chi connectivity index (χ1n) is 10.2. The quantitative estimate of drug-likeness (QED) is 0.583. The average molecular weight is 392 g/mol. The second-order valence-electron chi connectivity index (χ2n) is 7.75. The summed E-state index contributed by atoms with van der Waals surface area (Å²) < 4.78 is 5.72. The number of hydrogen-bond acceptors (Lipinski definition) is 4. The summed E-state index contributed by atoms with van der Waals surface area (Å²) in [5, 5.41) is 11.3. The second-order valence-corrected chi connectivity index (χ2v) is 7.75. The first-order chi connectivity index (χ1) is 14.0. The Morgan fingerprint density at radius 3 is 2.34 bits per heavy atom. The van der Waals surface area contributed by atoms with Gasteiger partial charge in [0.25, 0.3) is 0 Å². The van der Waals surface area contributed by atoms with E-state index >= 15 is 0 Å². The first kappa shape index (κ1) is 20.8. The number of aryl methyl sites for hydroxylation is 3. The number of rotatable bonds is 8. The summed E-state index contributed by atoms with van der Waals surface area (Å²) in [6.07, 6.45) is 1.74. The van der Waals surface area contributed by atoms with E-state index in [1.54, 1.807) is 0 Å². The Hall–Kier alpha value is -2.95. The molecule has 152 valence electrons. The van der Waals surface area contributed by atoms with Gasteiger partial charge < -0.3 is 9.73 Å². The van der Waals surface area contributed by atoms with Crippen molar-refractivity contribution < 1.29 is 9.21 Å². The molecule has 1 aromatic heterocycles. The van der Waals surface area contributed by atoms with Gasteiger partial charge in [-0.15, -0.1) is 10.2 Å². The fourth-order valence-corrected chi connectivity index (χ4v) is 3.23. The summed E-state index contributed by atoms with van der Waals surface area (Å²) in [4.78, 5) is 12.5. The largest absolute Gasteiger partial charge is 0.421 e. The van der Waals surface area contributed by atoms with Crippen LogP contribution in [0.1, 0.15) is 55.8 Å². The maximum absolute atomic E-state index is 12.5. The fourth-order valence-electron chi connectivity index (χ4n) is 3.23. The summed E-state index contributed by atoms with van der Waals surface area (Å²) in [7, 11) is 0. The van der Waals surface area contributed by atoms with Crippen molar-refractivity contribution in [1.29, 1.82) is 0 Å². The van der Waals surface area contributed by atoms with Crippen LogP contribution in [0, 0.1) is 12.8 Å². The summed E-state index contributed by atoms with van der Waals surface area (Å²) in [6.45, 7) is 8.40. The van der Waals surface area contributed by atoms with Crippen molar-refractivity contribution in [2.24, 2.45) is 5.92 Å². The number of nitrogens with one attached hydrogen (secondary N) is 1. The Labute approximate surface area is 172 Å². The third-order valence-electron chi connectivity index (χ3n) is 5.06. The van der Waals surface area contributed by atoms with E-state index in [2.05, 4.69) is 60.6 Å². The van der Waals surface area contributed by atoms with E-state index in [0.29, 0.717) is 30.5 Å². The number of carbonyl (C=O) groups excluding carboxylic acids is 1. The summed E-state index contributed by atoms with van der Waals surface area (Å²) in [6, 6.07) is 16.4. The van der Waals surface area contributed by atoms with E-state index in [1.165, 1.54) is 11.1 Å². The van der Waals surface area contributed by atoms with Gasteiger partial charge in [-0.1, -0.05) is 62.7 Å². The first-order valence-corrected chi connectivity index (χ1v) is 10.2. The molecule has 0 aliphatic carbocycles. The van der Waals surface area contributed by atoms with E-state index in [4.69, 9.17) is 4.42 Å². The summed E-state index contributed by atoms with van der Waals surface area (Å²) in [5.41, 5.74) is 4.48. The lowest BCUT2D eigenvalue weighted by atomic mass is 9.94. The Bertz CT molecular complexity index is 928. The van der Waals surface area contributed by atoms with Crippen LogP contribution >= 0.6 is 0 Å². The van der Waals surface area contributed by atoms with Gasteiger partial charge >= 0.3 is 0 Å². The molecule has 1 unspecified atom stereocenters. The van der Waals surface area contributed by atoms with E-state index < -0.39 is 0 Å². The average Bonchev–Trinajstić information content (AvgIpc) is 3.20. The van der Waals surface area contributed by atoms with Gasteiger partial charge in [0.15, 0.2) is 0 Å². The lowest BCUT2D eigenvalue weighted by Crippen LogP contribution is -2.31. The van der Waals surface area contributed by atoms with Gasteiger partial charge in [-0.3, -0.25) is 4.79 Å². The second kappa shape index (κ2) is 9.50. The standard InChI is InChI=1S/C24H29N3O2/c1-5-18-8-12-19(13-9-18)23(16(2)3)25-21(28)14-15-22-26-27-24(29-22)20-10-6-17(4)7-11-20/h6-13,16,23H,5,14-15H2,1-4H3,(H,25,28). The van der Waals surface area contributed by atoms with Crippen molar-refractivity contribution in [2.75, 3.05) is 0 Å². The molecule has 3 aromatic rings. The van der Waals surface area contributed by atoms with Crippen LogP contribution in [0.25, 0.3) is 11.5 Å². The van der Waals surface area contributed by atoms with Crippen molar-refractivity contribution in [2.45, 2.75) is 53.0 Å². The van der Waals surface area contributed by atoms with Crippen molar-refractivity contribution in [3.8, 4) is 11.5 Å². The molecule has 1 amide bonds. The number of carbonyl (C=O) groups is 1. The van der Waals surface area contributed by atoms with Crippen molar-refractivity contribution in [3.05, 3.63) is 71.1 Å². The smallest absolute Gasteiger partial charge is 0.247 e. The molecule has 0 saturated heterocycles. The monoisotopic (exact) mass is 391 g/mol. The maximum atomic E-state index is 12.5. The summed E-state index contributed by atoms with van der Waals surface area (Å²) >= 11 is 0. The SMILES string of the molecule is CCc1ccc(C(NC(=O)CCc2nnc(-c3ccc(C)cc3)o2)C(C)C)cc1. The molecular weight excluding hydrogens is 362 g/mol. The van der Waals surface area contributed by atoms with Gasteiger partial charge in [0.2, 0.25) is 17.7 Å². The van der Waals surface area contributed by atoms with Crippen LogP contribution in [0.4, 0.5) is 0 Å². The molecule has 29 heavy (non-hydrogen) atoms. The molecular formula is C24H29N3O2. The number of hydrogen-bond donors (Lipinski definition) is 1. The van der Waals surface area contributed by atoms with Crippen molar-refractivity contribution >= 4 is 5.91 Å². The number of aromatic nitrogens is 2. The highest BCUT2D eigenvalue weighted by Crippen LogP contribution is 2.23. The van der Waals surface area contributed by atoms with Crippen molar-refractivity contribution in [3.63, 3.8) is 0 Å². The normalized spacial score (nSPS) is 12.2. The Balaban J connectivity index is 1.58. The van der Waals surface area contributed by atoms with Gasteiger partial charge in [0.1, 0.15) is 0 Å². The molecule has 0 fully saturated rings. The van der Waals surface area contributed by atoms with Crippen LogP contribution in [0.15, 0.2) is 52.9 Å². The molecule has 1 heterocycles. The van der Waals surface area contributed by atoms with Gasteiger partial charge in [-0.25, -0.2) is 0 Å². The molecule has 0 aliphatic heterocycles. The maximum Gasteiger partial charge on any atom is 0.247 e. The van der Waals surface area contributed by atoms with Gasteiger partial charge in [-0.05, 0) is 42.5 Å². The lowest BCUT2D eigenvalue weighted by Gasteiger charge is -2.23. The molecule has 2 aromatic carbocycles. The molecule has 0 spiro atoms. The topological polar surface area (TPSA) is 68.0 Å². The van der Waals surface area contributed by atoms with Crippen molar-refractivity contribution in [1.82, 2.24) is 15.5 Å². The third-order valence-corrected chi connectivity index (χ3v) is 5.06. The predicted octanol–water partition coefficient (Wildman–Crippen LogP) is 5.05. The molecule has 5 heteroatoms. The molecule has 1 atom stereocenters. The highest BCUT2D eigenvalue weighted by molar-refractivity contribution is 5.76. The number of nitrogens with zero attached hydrogens (tertiary/aromatic N) is 2. The van der Waals surface area contributed by atoms with E-state index in [9.17, 15) is 4.79 Å². The number of amides is 1. The van der Waals surface area contributed by atoms with Crippen LogP contribution in [0.2, 0.25) is 0 Å². The molecule has 5 nitrogen and oxygen atoms in total. The van der Waals surface area contributed by atoms with Crippen LogP contribution in [0.5, 0.6) is 0 Å². The molecule has 0 radical (unpaired) electrons. The fraction of sp³-hybridized carbons (Fsp3) is 0.375. The van der Waals surface area contributed by atoms with Crippen LogP contribution < -0.4 is 5.32 Å². The zero-order valence-electron chi connectivity index (χ0n) is 17.6. The molecule has 0 saturated carbocycles. The minimum absolute atomic E-state index is 0.0146. The lowest BCUT2D eigenvalue weighted by molar-refractivity contribution is -0.122. The molecule has 0 aliphatic rings. The molecule has 0 bridgehead atoms. The number of benzene rings is 2. The minimum atomic E-state index is -0.0154. The Kier molecular flexibility index (Phi) is 6.81. The zero-order valence-corrected chi connectivity index (χ0v) is 17.6. The van der Waals surface area contributed by atoms with E-state index in [-0.39, 0.29) is 11.9 Å². The van der Waals surface area contributed by atoms with Crippen LogP contribution in [0.3, 0.4) is 0 Å². The highest BCUT2D eigenvalue weighted by Gasteiger charge is 2.19. The minimum Gasteiger partial charge on any atom is -0.421 e.